The molecular formula is C14H20O2. The molecule has 0 aromatic rings. The van der Waals surface area contributed by atoms with Crippen LogP contribution in [0, 0.1) is 17.3 Å². The maximum absolute atomic E-state index is 12.1. The van der Waals surface area contributed by atoms with E-state index in [9.17, 15) is 9.90 Å². The first-order chi connectivity index (χ1) is 7.48. The summed E-state index contributed by atoms with van der Waals surface area (Å²) in [7, 11) is 0. The maximum Gasteiger partial charge on any atom is 0.139 e. The Morgan fingerprint density at radius 3 is 2.94 bits per heavy atom. The molecule has 3 atom stereocenters. The largest absolute Gasteiger partial charge is 0.388 e. The molecule has 2 fully saturated rings. The van der Waals surface area contributed by atoms with Crippen molar-refractivity contribution in [3.8, 4) is 0 Å². The number of aliphatic hydroxyl groups is 1. The second-order valence-electron chi connectivity index (χ2n) is 6.19. The van der Waals surface area contributed by atoms with Crippen LogP contribution >= 0.6 is 0 Å². The van der Waals surface area contributed by atoms with Crippen molar-refractivity contribution in [2.24, 2.45) is 17.3 Å². The molecule has 0 aromatic heterocycles. The van der Waals surface area contributed by atoms with Crippen LogP contribution in [0.1, 0.15) is 46.0 Å². The molecule has 2 nitrogen and oxygen atoms in total. The highest BCUT2D eigenvalue weighted by Gasteiger charge is 2.64. The fourth-order valence-electron chi connectivity index (χ4n) is 4.41. The summed E-state index contributed by atoms with van der Waals surface area (Å²) >= 11 is 0. The van der Waals surface area contributed by atoms with E-state index in [0.29, 0.717) is 18.1 Å². The minimum absolute atomic E-state index is 0.106. The van der Waals surface area contributed by atoms with Gasteiger partial charge in [-0.25, -0.2) is 0 Å². The normalized spacial score (nSPS) is 45.2. The number of fused-ring (bicyclic) bond motifs is 3. The zero-order valence-corrected chi connectivity index (χ0v) is 10.1. The third-order valence-corrected chi connectivity index (χ3v) is 5.29. The number of ketones is 1. The molecule has 2 saturated carbocycles. The number of rotatable bonds is 0. The lowest BCUT2D eigenvalue weighted by Gasteiger charge is -2.43. The first-order valence-electron chi connectivity index (χ1n) is 6.44. The third kappa shape index (κ3) is 0.994. The first-order valence-corrected chi connectivity index (χ1v) is 6.44. The van der Waals surface area contributed by atoms with Gasteiger partial charge in [-0.2, -0.15) is 0 Å². The van der Waals surface area contributed by atoms with Crippen molar-refractivity contribution < 1.29 is 9.90 Å². The molecule has 0 heterocycles. The van der Waals surface area contributed by atoms with E-state index in [1.807, 2.05) is 0 Å². The topological polar surface area (TPSA) is 37.3 Å². The van der Waals surface area contributed by atoms with Gasteiger partial charge >= 0.3 is 0 Å². The maximum atomic E-state index is 12.1. The minimum Gasteiger partial charge on any atom is -0.388 e. The summed E-state index contributed by atoms with van der Waals surface area (Å²) in [5.74, 6) is 0.537. The van der Waals surface area contributed by atoms with Gasteiger partial charge in [-0.05, 0) is 31.6 Å². The van der Waals surface area contributed by atoms with E-state index < -0.39 is 5.60 Å². The Balaban J connectivity index is 2.14. The predicted molar refractivity (Wildman–Crippen MR) is 61.9 cm³/mol. The van der Waals surface area contributed by atoms with E-state index in [1.54, 1.807) is 0 Å². The van der Waals surface area contributed by atoms with Gasteiger partial charge in [0.2, 0.25) is 0 Å². The number of hydrogen-bond donors (Lipinski definition) is 1. The molecular weight excluding hydrogens is 200 g/mol. The number of Topliss-reactive ketones (excluding diaryl/α,β-unsaturated/α-hetero) is 1. The molecule has 0 amide bonds. The van der Waals surface area contributed by atoms with E-state index >= 15 is 0 Å². The van der Waals surface area contributed by atoms with Crippen molar-refractivity contribution in [3.05, 3.63) is 11.6 Å². The molecule has 3 unspecified atom stereocenters. The number of carbonyl (C=O) groups is 1. The smallest absolute Gasteiger partial charge is 0.139 e. The summed E-state index contributed by atoms with van der Waals surface area (Å²) in [6.07, 6.45) is 6.75. The number of allylic oxidation sites excluding steroid dienone is 1. The van der Waals surface area contributed by atoms with Crippen molar-refractivity contribution in [2.45, 2.75) is 51.6 Å². The van der Waals surface area contributed by atoms with Gasteiger partial charge in [-0.15, -0.1) is 0 Å². The fourth-order valence-corrected chi connectivity index (χ4v) is 4.41. The van der Waals surface area contributed by atoms with Gasteiger partial charge in [0.05, 0.1) is 11.5 Å². The van der Waals surface area contributed by atoms with Crippen LogP contribution in [-0.4, -0.2) is 16.5 Å². The Morgan fingerprint density at radius 2 is 2.19 bits per heavy atom. The standard InChI is InChI=1S/C14H20O2/c1-13(2)10-6-3-5-9(10)12-11(15)7-4-8-14(12,13)16/h6,9,12,16H,3-5,7-8H2,1-2H3. The second kappa shape index (κ2) is 2.98. The van der Waals surface area contributed by atoms with Crippen LogP contribution in [-0.2, 0) is 4.79 Å². The van der Waals surface area contributed by atoms with Crippen molar-refractivity contribution >= 4 is 5.78 Å². The molecule has 0 aliphatic heterocycles. The molecule has 0 bridgehead atoms. The highest BCUT2D eigenvalue weighted by atomic mass is 16.3. The van der Waals surface area contributed by atoms with Crippen LogP contribution in [0.2, 0.25) is 0 Å². The Hall–Kier alpha value is -0.630. The molecule has 1 N–H and O–H groups in total. The average molecular weight is 220 g/mol. The Labute approximate surface area is 96.7 Å². The first kappa shape index (κ1) is 10.5. The summed E-state index contributed by atoms with van der Waals surface area (Å²) in [6, 6.07) is 0. The number of carbonyl (C=O) groups excluding carboxylic acids is 1. The van der Waals surface area contributed by atoms with Crippen molar-refractivity contribution in [3.63, 3.8) is 0 Å². The van der Waals surface area contributed by atoms with Crippen LogP contribution in [0.4, 0.5) is 0 Å². The van der Waals surface area contributed by atoms with Gasteiger partial charge in [-0.1, -0.05) is 25.5 Å². The van der Waals surface area contributed by atoms with Crippen molar-refractivity contribution in [1.29, 1.82) is 0 Å². The fraction of sp³-hybridized carbons (Fsp3) is 0.786. The highest BCUT2D eigenvalue weighted by Crippen LogP contribution is 2.63. The Kier molecular flexibility index (Phi) is 1.96. The zero-order chi connectivity index (χ0) is 11.6. The van der Waals surface area contributed by atoms with E-state index in [4.69, 9.17) is 0 Å². The molecule has 3 aliphatic carbocycles. The van der Waals surface area contributed by atoms with E-state index in [2.05, 4.69) is 19.9 Å². The molecule has 16 heavy (non-hydrogen) atoms. The summed E-state index contributed by atoms with van der Waals surface area (Å²) in [5.41, 5.74) is 0.393. The second-order valence-corrected chi connectivity index (χ2v) is 6.19. The molecule has 0 spiro atoms. The molecule has 0 aromatic carbocycles. The van der Waals surface area contributed by atoms with Crippen molar-refractivity contribution in [2.75, 3.05) is 0 Å². The average Bonchev–Trinajstić information content (AvgIpc) is 2.71. The van der Waals surface area contributed by atoms with Gasteiger partial charge in [0, 0.05) is 11.8 Å². The van der Waals surface area contributed by atoms with Gasteiger partial charge in [0.1, 0.15) is 5.78 Å². The van der Waals surface area contributed by atoms with Gasteiger partial charge < -0.3 is 5.11 Å². The van der Waals surface area contributed by atoms with Crippen molar-refractivity contribution in [1.82, 2.24) is 0 Å². The van der Waals surface area contributed by atoms with Gasteiger partial charge in [0.15, 0.2) is 0 Å². The molecule has 2 heteroatoms. The molecule has 3 rings (SSSR count). The Morgan fingerprint density at radius 1 is 1.44 bits per heavy atom. The molecule has 3 aliphatic rings. The van der Waals surface area contributed by atoms with Crippen LogP contribution < -0.4 is 0 Å². The molecule has 88 valence electrons. The van der Waals surface area contributed by atoms with E-state index in [1.165, 1.54) is 5.57 Å². The lowest BCUT2D eigenvalue weighted by molar-refractivity contribution is -0.147. The van der Waals surface area contributed by atoms with Gasteiger partial charge in [0.25, 0.3) is 0 Å². The lowest BCUT2D eigenvalue weighted by atomic mass is 9.65. The van der Waals surface area contributed by atoms with Crippen LogP contribution in [0.5, 0.6) is 0 Å². The predicted octanol–water partition coefficient (Wildman–Crippen LogP) is 2.46. The summed E-state index contributed by atoms with van der Waals surface area (Å²) in [6.45, 7) is 4.24. The van der Waals surface area contributed by atoms with Gasteiger partial charge in [-0.3, -0.25) is 4.79 Å². The van der Waals surface area contributed by atoms with Crippen LogP contribution in [0.15, 0.2) is 11.6 Å². The highest BCUT2D eigenvalue weighted by molar-refractivity contribution is 5.85. The zero-order valence-electron chi connectivity index (χ0n) is 10.1. The minimum atomic E-state index is -0.765. The summed E-state index contributed by atoms with van der Waals surface area (Å²) < 4.78 is 0. The van der Waals surface area contributed by atoms with E-state index in [-0.39, 0.29) is 11.3 Å². The SMILES string of the molecule is CC1(C)C2=CCCC2C2C(=O)CCCC21O. The summed E-state index contributed by atoms with van der Waals surface area (Å²) in [4.78, 5) is 12.1. The Bertz CT molecular complexity index is 380. The van der Waals surface area contributed by atoms with Crippen LogP contribution in [0.25, 0.3) is 0 Å². The molecule has 0 saturated heterocycles. The number of hydrogen-bond acceptors (Lipinski definition) is 2. The quantitative estimate of drug-likeness (QED) is 0.637. The molecule has 0 radical (unpaired) electrons. The van der Waals surface area contributed by atoms with E-state index in [0.717, 1.165) is 25.7 Å². The lowest BCUT2D eigenvalue weighted by Crippen LogP contribution is -2.51. The third-order valence-electron chi connectivity index (χ3n) is 5.29. The summed E-state index contributed by atoms with van der Waals surface area (Å²) in [5, 5.41) is 11.0. The monoisotopic (exact) mass is 220 g/mol. The van der Waals surface area contributed by atoms with Crippen LogP contribution in [0.3, 0.4) is 0 Å².